The number of aliphatic hydroxyl groups excluding tert-OH is 1. The van der Waals surface area contributed by atoms with Gasteiger partial charge in [0.05, 0.1) is 12.2 Å². The second-order valence-electron chi connectivity index (χ2n) is 4.10. The van der Waals surface area contributed by atoms with Crippen molar-refractivity contribution in [3.8, 4) is 11.6 Å². The van der Waals surface area contributed by atoms with Crippen LogP contribution in [0.1, 0.15) is 24.5 Å². The molecule has 1 heterocycles. The smallest absolute Gasteiger partial charge is 0.226 e. The Bertz CT molecular complexity index is 544. The van der Waals surface area contributed by atoms with E-state index in [0.29, 0.717) is 16.8 Å². The predicted octanol–water partition coefficient (Wildman–Crippen LogP) is 3.37. The highest BCUT2D eigenvalue weighted by Gasteiger charge is 2.11. The molecular weight excluding hydrogens is 264 g/mol. The van der Waals surface area contributed by atoms with E-state index < -0.39 is 0 Å². The van der Waals surface area contributed by atoms with Gasteiger partial charge < -0.3 is 9.84 Å². The SMILES string of the molecule is CCCc1c(Cl)ncnc1Oc1ccc(CO)cc1. The number of hydrogen-bond donors (Lipinski definition) is 1. The third-order valence-electron chi connectivity index (χ3n) is 2.67. The van der Waals surface area contributed by atoms with Gasteiger partial charge in [-0.15, -0.1) is 0 Å². The minimum absolute atomic E-state index is 0.0146. The number of aromatic nitrogens is 2. The van der Waals surface area contributed by atoms with E-state index in [1.807, 2.05) is 0 Å². The molecule has 1 aromatic heterocycles. The highest BCUT2D eigenvalue weighted by molar-refractivity contribution is 6.30. The molecule has 0 saturated heterocycles. The minimum atomic E-state index is 0.0146. The zero-order valence-corrected chi connectivity index (χ0v) is 11.4. The van der Waals surface area contributed by atoms with Crippen LogP contribution in [0.15, 0.2) is 30.6 Å². The van der Waals surface area contributed by atoms with Crippen molar-refractivity contribution in [1.82, 2.24) is 9.97 Å². The minimum Gasteiger partial charge on any atom is -0.439 e. The molecule has 0 aliphatic rings. The monoisotopic (exact) mass is 278 g/mol. The topological polar surface area (TPSA) is 55.2 Å². The Labute approximate surface area is 117 Å². The van der Waals surface area contributed by atoms with Crippen LogP contribution in [0.5, 0.6) is 11.6 Å². The van der Waals surface area contributed by atoms with Crippen LogP contribution in [-0.2, 0) is 13.0 Å². The lowest BCUT2D eigenvalue weighted by Gasteiger charge is -2.10. The molecule has 0 saturated carbocycles. The molecule has 19 heavy (non-hydrogen) atoms. The van der Waals surface area contributed by atoms with Crippen molar-refractivity contribution in [2.24, 2.45) is 0 Å². The summed E-state index contributed by atoms with van der Waals surface area (Å²) in [6.07, 6.45) is 3.09. The van der Waals surface area contributed by atoms with Gasteiger partial charge in [-0.1, -0.05) is 37.1 Å². The number of ether oxygens (including phenoxy) is 1. The molecule has 0 aliphatic heterocycles. The van der Waals surface area contributed by atoms with E-state index in [4.69, 9.17) is 21.4 Å². The van der Waals surface area contributed by atoms with Crippen LogP contribution in [0.2, 0.25) is 5.15 Å². The van der Waals surface area contributed by atoms with Crippen molar-refractivity contribution < 1.29 is 9.84 Å². The predicted molar refractivity (Wildman–Crippen MR) is 73.5 cm³/mol. The summed E-state index contributed by atoms with van der Waals surface area (Å²) in [4.78, 5) is 8.10. The Kier molecular flexibility index (Phi) is 4.71. The van der Waals surface area contributed by atoms with E-state index in [1.54, 1.807) is 24.3 Å². The van der Waals surface area contributed by atoms with Crippen LogP contribution in [0, 0.1) is 0 Å². The Morgan fingerprint density at radius 2 is 1.95 bits per heavy atom. The molecular formula is C14H15ClN2O2. The zero-order valence-electron chi connectivity index (χ0n) is 10.6. The summed E-state index contributed by atoms with van der Waals surface area (Å²) < 4.78 is 5.73. The van der Waals surface area contributed by atoms with Crippen molar-refractivity contribution in [2.45, 2.75) is 26.4 Å². The fraction of sp³-hybridized carbons (Fsp3) is 0.286. The maximum Gasteiger partial charge on any atom is 0.226 e. The molecule has 0 radical (unpaired) electrons. The number of benzene rings is 1. The van der Waals surface area contributed by atoms with Gasteiger partial charge in [0, 0.05) is 0 Å². The molecule has 1 aromatic carbocycles. The van der Waals surface area contributed by atoms with Gasteiger partial charge in [0.1, 0.15) is 17.2 Å². The lowest BCUT2D eigenvalue weighted by atomic mass is 10.2. The van der Waals surface area contributed by atoms with Gasteiger partial charge in [-0.05, 0) is 24.1 Å². The number of rotatable bonds is 5. The van der Waals surface area contributed by atoms with E-state index in [9.17, 15) is 0 Å². The van der Waals surface area contributed by atoms with Crippen LogP contribution in [0.4, 0.5) is 0 Å². The van der Waals surface area contributed by atoms with E-state index in [1.165, 1.54) is 6.33 Å². The number of aliphatic hydroxyl groups is 1. The molecule has 5 heteroatoms. The maximum absolute atomic E-state index is 8.99. The largest absolute Gasteiger partial charge is 0.439 e. The normalized spacial score (nSPS) is 10.5. The summed E-state index contributed by atoms with van der Waals surface area (Å²) >= 11 is 6.06. The van der Waals surface area contributed by atoms with Crippen LogP contribution in [0.25, 0.3) is 0 Å². The van der Waals surface area contributed by atoms with E-state index in [2.05, 4.69) is 16.9 Å². The van der Waals surface area contributed by atoms with Crippen LogP contribution in [0.3, 0.4) is 0 Å². The van der Waals surface area contributed by atoms with Gasteiger partial charge in [-0.3, -0.25) is 0 Å². The first-order chi connectivity index (χ1) is 9.24. The van der Waals surface area contributed by atoms with Crippen molar-refractivity contribution in [3.63, 3.8) is 0 Å². The second kappa shape index (κ2) is 6.50. The Hall–Kier alpha value is -1.65. The van der Waals surface area contributed by atoms with Gasteiger partial charge in [-0.2, -0.15) is 0 Å². The van der Waals surface area contributed by atoms with Crippen molar-refractivity contribution in [3.05, 3.63) is 46.9 Å². The quantitative estimate of drug-likeness (QED) is 0.852. The van der Waals surface area contributed by atoms with Crippen molar-refractivity contribution in [2.75, 3.05) is 0 Å². The second-order valence-corrected chi connectivity index (χ2v) is 4.46. The molecule has 1 N–H and O–H groups in total. The summed E-state index contributed by atoms with van der Waals surface area (Å²) in [5.74, 6) is 1.14. The molecule has 0 spiro atoms. The molecule has 0 fully saturated rings. The average molecular weight is 279 g/mol. The summed E-state index contributed by atoms with van der Waals surface area (Å²) in [5.41, 5.74) is 1.65. The molecule has 0 bridgehead atoms. The van der Waals surface area contributed by atoms with E-state index in [-0.39, 0.29) is 6.61 Å². The first-order valence-electron chi connectivity index (χ1n) is 6.11. The van der Waals surface area contributed by atoms with Crippen LogP contribution in [-0.4, -0.2) is 15.1 Å². The molecule has 0 amide bonds. The molecule has 0 aliphatic carbocycles. The van der Waals surface area contributed by atoms with E-state index in [0.717, 1.165) is 24.0 Å². The Balaban J connectivity index is 2.24. The van der Waals surface area contributed by atoms with Gasteiger partial charge in [0.15, 0.2) is 0 Å². The first kappa shape index (κ1) is 13.8. The van der Waals surface area contributed by atoms with Gasteiger partial charge in [-0.25, -0.2) is 9.97 Å². The van der Waals surface area contributed by atoms with Gasteiger partial charge in [0.2, 0.25) is 5.88 Å². The van der Waals surface area contributed by atoms with Crippen LogP contribution < -0.4 is 4.74 Å². The number of hydrogen-bond acceptors (Lipinski definition) is 4. The summed E-state index contributed by atoms with van der Waals surface area (Å²) in [6, 6.07) is 7.18. The van der Waals surface area contributed by atoms with E-state index >= 15 is 0 Å². The Morgan fingerprint density at radius 1 is 1.21 bits per heavy atom. The summed E-state index contributed by atoms with van der Waals surface area (Å²) in [6.45, 7) is 2.07. The molecule has 0 atom stereocenters. The fourth-order valence-electron chi connectivity index (χ4n) is 1.70. The highest BCUT2D eigenvalue weighted by Crippen LogP contribution is 2.28. The summed E-state index contributed by atoms with van der Waals surface area (Å²) in [7, 11) is 0. The maximum atomic E-state index is 8.99. The molecule has 4 nitrogen and oxygen atoms in total. The molecule has 0 unspecified atom stereocenters. The molecule has 2 aromatic rings. The van der Waals surface area contributed by atoms with Crippen molar-refractivity contribution in [1.29, 1.82) is 0 Å². The average Bonchev–Trinajstić information content (AvgIpc) is 2.43. The van der Waals surface area contributed by atoms with Gasteiger partial charge in [0.25, 0.3) is 0 Å². The molecule has 100 valence electrons. The Morgan fingerprint density at radius 3 is 2.58 bits per heavy atom. The van der Waals surface area contributed by atoms with Crippen LogP contribution >= 0.6 is 11.6 Å². The molecule has 2 rings (SSSR count). The lowest BCUT2D eigenvalue weighted by Crippen LogP contribution is -1.98. The first-order valence-corrected chi connectivity index (χ1v) is 6.49. The standard InChI is InChI=1S/C14H15ClN2O2/c1-2-3-12-13(15)16-9-17-14(12)19-11-6-4-10(8-18)5-7-11/h4-7,9,18H,2-3,8H2,1H3. The lowest BCUT2D eigenvalue weighted by molar-refractivity contribution is 0.281. The van der Waals surface area contributed by atoms with Crippen molar-refractivity contribution >= 4 is 11.6 Å². The fourth-order valence-corrected chi connectivity index (χ4v) is 1.92. The number of halogens is 1. The third kappa shape index (κ3) is 3.43. The highest BCUT2D eigenvalue weighted by atomic mass is 35.5. The third-order valence-corrected chi connectivity index (χ3v) is 3.00. The summed E-state index contributed by atoms with van der Waals surface area (Å²) in [5, 5.41) is 9.42. The van der Waals surface area contributed by atoms with Gasteiger partial charge >= 0.3 is 0 Å². The zero-order chi connectivity index (χ0) is 13.7. The number of nitrogens with zero attached hydrogens (tertiary/aromatic N) is 2.